The Morgan fingerprint density at radius 1 is 0.789 bits per heavy atom. The minimum absolute atomic E-state index is 0.646. The van der Waals surface area contributed by atoms with Crippen LogP contribution in [-0.2, 0) is 9.59 Å². The third-order valence-corrected chi connectivity index (χ3v) is 2.21. The van der Waals surface area contributed by atoms with Crippen LogP contribution in [0, 0.1) is 6.92 Å². The van der Waals surface area contributed by atoms with Gasteiger partial charge in [-0.2, -0.15) is 9.98 Å². The summed E-state index contributed by atoms with van der Waals surface area (Å²) >= 11 is 0. The van der Waals surface area contributed by atoms with E-state index in [1.807, 2.05) is 43.3 Å². The van der Waals surface area contributed by atoms with Crippen LogP contribution in [0.2, 0.25) is 0 Å². The Labute approximate surface area is 111 Å². The van der Waals surface area contributed by atoms with Crippen molar-refractivity contribution in [3.8, 4) is 0 Å². The van der Waals surface area contributed by atoms with Crippen LogP contribution in [0.15, 0.2) is 64.6 Å². The molecular formula is C15H12N2O2. The van der Waals surface area contributed by atoms with Gasteiger partial charge < -0.3 is 0 Å². The molecule has 0 spiro atoms. The monoisotopic (exact) mass is 252 g/mol. The van der Waals surface area contributed by atoms with Crippen molar-refractivity contribution < 1.29 is 9.59 Å². The number of carbonyl (C=O) groups excluding carboxylic acids is 2. The van der Waals surface area contributed by atoms with Crippen molar-refractivity contribution in [2.24, 2.45) is 9.98 Å². The van der Waals surface area contributed by atoms with Crippen molar-refractivity contribution in [1.82, 2.24) is 0 Å². The molecule has 0 fully saturated rings. The maximum atomic E-state index is 9.83. The van der Waals surface area contributed by atoms with Gasteiger partial charge in [0.2, 0.25) is 12.2 Å². The molecule has 0 saturated heterocycles. The molecule has 0 amide bonds. The summed E-state index contributed by atoms with van der Waals surface area (Å²) in [5.74, 6) is 0. The normalized spacial score (nSPS) is 8.26. The minimum atomic E-state index is 0.646. The molecule has 2 rings (SSSR count). The first-order chi connectivity index (χ1) is 9.27. The van der Waals surface area contributed by atoms with Gasteiger partial charge in [0, 0.05) is 0 Å². The van der Waals surface area contributed by atoms with Gasteiger partial charge in [-0.3, -0.25) is 0 Å². The van der Waals surface area contributed by atoms with E-state index in [0.29, 0.717) is 11.4 Å². The summed E-state index contributed by atoms with van der Waals surface area (Å²) in [5, 5.41) is 0. The molecule has 0 heterocycles. The van der Waals surface area contributed by atoms with Crippen molar-refractivity contribution >= 4 is 23.5 Å². The molecule has 2 aromatic rings. The Bertz CT molecular complexity index is 611. The summed E-state index contributed by atoms with van der Waals surface area (Å²) in [4.78, 5) is 26.4. The second kappa shape index (κ2) is 8.31. The van der Waals surface area contributed by atoms with E-state index in [4.69, 9.17) is 0 Å². The van der Waals surface area contributed by atoms with E-state index in [-0.39, 0.29) is 0 Å². The maximum Gasteiger partial charge on any atom is 0.240 e. The highest BCUT2D eigenvalue weighted by molar-refractivity contribution is 5.52. The van der Waals surface area contributed by atoms with Crippen LogP contribution in [0.4, 0.5) is 11.4 Å². The largest absolute Gasteiger partial charge is 0.240 e. The quantitative estimate of drug-likeness (QED) is 0.605. The molecule has 0 aliphatic rings. The van der Waals surface area contributed by atoms with Gasteiger partial charge in [0.1, 0.15) is 0 Å². The van der Waals surface area contributed by atoms with Gasteiger partial charge in [-0.25, -0.2) is 9.59 Å². The third kappa shape index (κ3) is 5.37. The SMILES string of the molecule is Cc1ccccc1N=C=O.O=C=Nc1ccccc1. The maximum absolute atomic E-state index is 9.83. The van der Waals surface area contributed by atoms with Crippen molar-refractivity contribution in [2.45, 2.75) is 6.92 Å². The zero-order valence-corrected chi connectivity index (χ0v) is 10.4. The van der Waals surface area contributed by atoms with Crippen LogP contribution >= 0.6 is 0 Å². The molecule has 0 aliphatic heterocycles. The lowest BCUT2D eigenvalue weighted by molar-refractivity contribution is 0.564. The average molecular weight is 252 g/mol. The van der Waals surface area contributed by atoms with Gasteiger partial charge in [0.15, 0.2) is 0 Å². The highest BCUT2D eigenvalue weighted by Gasteiger charge is 1.90. The predicted octanol–water partition coefficient (Wildman–Crippen LogP) is 3.62. The summed E-state index contributed by atoms with van der Waals surface area (Å²) < 4.78 is 0. The highest BCUT2D eigenvalue weighted by Crippen LogP contribution is 2.15. The Morgan fingerprint density at radius 3 is 1.95 bits per heavy atom. The zero-order chi connectivity index (χ0) is 13.9. The van der Waals surface area contributed by atoms with E-state index < -0.39 is 0 Å². The van der Waals surface area contributed by atoms with Gasteiger partial charge in [0.25, 0.3) is 0 Å². The topological polar surface area (TPSA) is 58.9 Å². The van der Waals surface area contributed by atoms with Crippen LogP contribution < -0.4 is 0 Å². The Kier molecular flexibility index (Phi) is 6.24. The number of hydrogen-bond acceptors (Lipinski definition) is 4. The molecule has 4 heteroatoms. The second-order valence-corrected chi connectivity index (χ2v) is 3.53. The number of isocyanates is 2. The summed E-state index contributed by atoms with van der Waals surface area (Å²) in [6, 6.07) is 16.4. The summed E-state index contributed by atoms with van der Waals surface area (Å²) in [6.07, 6.45) is 2.96. The minimum Gasteiger partial charge on any atom is -0.211 e. The second-order valence-electron chi connectivity index (χ2n) is 3.53. The van der Waals surface area contributed by atoms with Gasteiger partial charge >= 0.3 is 0 Å². The standard InChI is InChI=1S/C8H7NO.C7H5NO/c1-7-4-2-3-5-8(7)9-6-10;9-6-8-7-4-2-1-3-5-7/h2-5H,1H3;1-5H. The lowest BCUT2D eigenvalue weighted by atomic mass is 10.2. The molecule has 2 aromatic carbocycles. The number of benzene rings is 2. The predicted molar refractivity (Wildman–Crippen MR) is 73.2 cm³/mol. The van der Waals surface area contributed by atoms with Crippen molar-refractivity contribution in [2.75, 3.05) is 0 Å². The molecule has 0 unspecified atom stereocenters. The Hall–Kier alpha value is -2.80. The lowest BCUT2D eigenvalue weighted by Crippen LogP contribution is -1.70. The number of hydrogen-bond donors (Lipinski definition) is 0. The van der Waals surface area contributed by atoms with E-state index >= 15 is 0 Å². The number of rotatable bonds is 2. The molecule has 0 bridgehead atoms. The zero-order valence-electron chi connectivity index (χ0n) is 10.4. The van der Waals surface area contributed by atoms with E-state index in [1.54, 1.807) is 18.2 Å². The van der Waals surface area contributed by atoms with E-state index in [1.165, 1.54) is 12.2 Å². The molecule has 0 radical (unpaired) electrons. The molecule has 0 atom stereocenters. The highest BCUT2D eigenvalue weighted by atomic mass is 16.1. The molecule has 0 aromatic heterocycles. The van der Waals surface area contributed by atoms with Gasteiger partial charge in [0.05, 0.1) is 11.4 Å². The van der Waals surface area contributed by atoms with E-state index in [9.17, 15) is 9.59 Å². The lowest BCUT2D eigenvalue weighted by Gasteiger charge is -1.92. The first kappa shape index (κ1) is 14.3. The van der Waals surface area contributed by atoms with Crippen LogP contribution in [0.3, 0.4) is 0 Å². The van der Waals surface area contributed by atoms with E-state index in [2.05, 4.69) is 9.98 Å². The number of para-hydroxylation sites is 2. The van der Waals surface area contributed by atoms with Gasteiger partial charge in [-0.1, -0.05) is 36.4 Å². The fourth-order valence-electron chi connectivity index (χ4n) is 1.29. The van der Waals surface area contributed by atoms with Crippen LogP contribution in [0.5, 0.6) is 0 Å². The smallest absolute Gasteiger partial charge is 0.211 e. The molecule has 19 heavy (non-hydrogen) atoms. The Morgan fingerprint density at radius 2 is 1.37 bits per heavy atom. The third-order valence-electron chi connectivity index (χ3n) is 2.21. The van der Waals surface area contributed by atoms with E-state index in [0.717, 1.165) is 5.56 Å². The Balaban J connectivity index is 0.000000191. The molecule has 94 valence electrons. The first-order valence-corrected chi connectivity index (χ1v) is 5.54. The van der Waals surface area contributed by atoms with Crippen molar-refractivity contribution in [3.63, 3.8) is 0 Å². The average Bonchev–Trinajstić information content (AvgIpc) is 2.44. The molecular weight excluding hydrogens is 240 g/mol. The molecule has 0 N–H and O–H groups in total. The molecule has 4 nitrogen and oxygen atoms in total. The van der Waals surface area contributed by atoms with Gasteiger partial charge in [-0.05, 0) is 30.7 Å². The van der Waals surface area contributed by atoms with Crippen LogP contribution in [0.1, 0.15) is 5.56 Å². The fraction of sp³-hybridized carbons (Fsp3) is 0.0667. The number of nitrogens with zero attached hydrogens (tertiary/aromatic N) is 2. The fourth-order valence-corrected chi connectivity index (χ4v) is 1.29. The molecule has 0 aliphatic carbocycles. The van der Waals surface area contributed by atoms with Crippen molar-refractivity contribution in [1.29, 1.82) is 0 Å². The van der Waals surface area contributed by atoms with Crippen molar-refractivity contribution in [3.05, 3.63) is 60.2 Å². The first-order valence-electron chi connectivity index (χ1n) is 5.54. The summed E-state index contributed by atoms with van der Waals surface area (Å²) in [5.41, 5.74) is 2.33. The molecule has 0 saturated carbocycles. The number of aryl methyl sites for hydroxylation is 1. The number of aliphatic imine (C=N–C) groups is 2. The van der Waals surface area contributed by atoms with Crippen LogP contribution in [-0.4, -0.2) is 12.2 Å². The van der Waals surface area contributed by atoms with Gasteiger partial charge in [-0.15, -0.1) is 0 Å². The summed E-state index contributed by atoms with van der Waals surface area (Å²) in [6.45, 7) is 1.90. The summed E-state index contributed by atoms with van der Waals surface area (Å²) in [7, 11) is 0. The van der Waals surface area contributed by atoms with Crippen LogP contribution in [0.25, 0.3) is 0 Å².